The Morgan fingerprint density at radius 1 is 0.619 bits per heavy atom. The number of halogens is 2. The standard InChI is InChI=1S/C18H14F2P/c19-21(20,16-10-4-1-5-11-16,17-12-6-2-7-13-17)18-14-8-3-9-15-18/h1-14H. The van der Waals surface area contributed by atoms with Gasteiger partial charge in [-0.15, -0.1) is 0 Å². The van der Waals surface area contributed by atoms with Gasteiger partial charge in [0.05, 0.1) is 0 Å². The normalized spacial score (nSPS) is 13.3. The van der Waals surface area contributed by atoms with Gasteiger partial charge in [0.25, 0.3) is 0 Å². The first-order valence-corrected chi connectivity index (χ1v) is 8.68. The zero-order chi connectivity index (χ0) is 14.8. The van der Waals surface area contributed by atoms with E-state index in [9.17, 15) is 0 Å². The molecule has 0 saturated carbocycles. The van der Waals surface area contributed by atoms with Gasteiger partial charge in [-0.05, 0) is 0 Å². The topological polar surface area (TPSA) is 0 Å². The number of rotatable bonds is 3. The van der Waals surface area contributed by atoms with Crippen molar-refractivity contribution in [3.63, 3.8) is 0 Å². The van der Waals surface area contributed by atoms with Crippen LogP contribution in [0.4, 0.5) is 8.39 Å². The Morgan fingerprint density at radius 3 is 1.52 bits per heavy atom. The van der Waals surface area contributed by atoms with Crippen LogP contribution < -0.4 is 15.9 Å². The molecule has 0 unspecified atom stereocenters. The summed E-state index contributed by atoms with van der Waals surface area (Å²) < 4.78 is 32.2. The summed E-state index contributed by atoms with van der Waals surface area (Å²) in [5.74, 6) is 0. The molecular formula is C18H14F2P. The molecule has 3 heteroatoms. The molecule has 0 spiro atoms. The molecule has 0 nitrogen and oxygen atoms in total. The third-order valence-corrected chi connectivity index (χ3v) is 7.07. The molecule has 0 heterocycles. The molecule has 0 aromatic heterocycles. The summed E-state index contributed by atoms with van der Waals surface area (Å²) in [7, 11) is -5.43. The second kappa shape index (κ2) is 5.05. The molecule has 0 N–H and O–H groups in total. The van der Waals surface area contributed by atoms with E-state index in [1.807, 2.05) is 0 Å². The SMILES string of the molecule is FP(F)(c1[c]cccc1)(c1ccccc1)c1ccccc1. The number of hydrogen-bond donors (Lipinski definition) is 0. The third kappa shape index (κ3) is 2.16. The molecule has 105 valence electrons. The van der Waals surface area contributed by atoms with E-state index in [0.29, 0.717) is 0 Å². The Hall–Kier alpha value is -2.05. The van der Waals surface area contributed by atoms with Crippen molar-refractivity contribution in [2.45, 2.75) is 0 Å². The van der Waals surface area contributed by atoms with E-state index in [1.165, 1.54) is 30.3 Å². The molecule has 0 saturated heterocycles. The van der Waals surface area contributed by atoms with E-state index < -0.39 is 7.22 Å². The summed E-state index contributed by atoms with van der Waals surface area (Å²) in [4.78, 5) is 0. The molecule has 0 amide bonds. The van der Waals surface area contributed by atoms with Gasteiger partial charge in [-0.2, -0.15) is 0 Å². The van der Waals surface area contributed by atoms with Crippen molar-refractivity contribution in [1.29, 1.82) is 0 Å². The minimum atomic E-state index is -5.43. The van der Waals surface area contributed by atoms with Crippen LogP contribution in [-0.2, 0) is 0 Å². The number of benzene rings is 3. The Balaban J connectivity index is 2.36. The van der Waals surface area contributed by atoms with Crippen molar-refractivity contribution in [3.8, 4) is 0 Å². The van der Waals surface area contributed by atoms with E-state index in [1.54, 1.807) is 54.6 Å². The van der Waals surface area contributed by atoms with Crippen molar-refractivity contribution < 1.29 is 8.39 Å². The first-order chi connectivity index (χ1) is 10.1. The fourth-order valence-corrected chi connectivity index (χ4v) is 5.33. The van der Waals surface area contributed by atoms with Gasteiger partial charge in [0.15, 0.2) is 0 Å². The average Bonchev–Trinajstić information content (AvgIpc) is 2.57. The zero-order valence-electron chi connectivity index (χ0n) is 11.3. The number of hydrogen-bond acceptors (Lipinski definition) is 0. The molecule has 3 rings (SSSR count). The molecule has 21 heavy (non-hydrogen) atoms. The second-order valence-corrected chi connectivity index (χ2v) is 8.15. The molecule has 0 atom stereocenters. The average molecular weight is 299 g/mol. The van der Waals surface area contributed by atoms with Crippen LogP contribution in [0, 0.1) is 6.07 Å². The first kappa shape index (κ1) is 13.9. The summed E-state index contributed by atoms with van der Waals surface area (Å²) in [6.07, 6.45) is 0. The van der Waals surface area contributed by atoms with Crippen molar-refractivity contribution in [2.75, 3.05) is 0 Å². The predicted molar refractivity (Wildman–Crippen MR) is 86.2 cm³/mol. The van der Waals surface area contributed by atoms with Crippen LogP contribution in [0.3, 0.4) is 0 Å². The van der Waals surface area contributed by atoms with Crippen LogP contribution in [0.15, 0.2) is 84.9 Å². The van der Waals surface area contributed by atoms with E-state index in [-0.39, 0.29) is 15.9 Å². The monoisotopic (exact) mass is 299 g/mol. The maximum absolute atomic E-state index is 16.1. The van der Waals surface area contributed by atoms with Crippen molar-refractivity contribution in [3.05, 3.63) is 91.0 Å². The molecule has 0 fully saturated rings. The molecule has 0 aliphatic rings. The van der Waals surface area contributed by atoms with Gasteiger partial charge in [0.2, 0.25) is 0 Å². The van der Waals surface area contributed by atoms with Gasteiger partial charge >= 0.3 is 123 Å². The minimum absolute atomic E-state index is 0.0269. The predicted octanol–water partition coefficient (Wildman–Crippen LogP) is 4.09. The van der Waals surface area contributed by atoms with Gasteiger partial charge < -0.3 is 0 Å². The summed E-state index contributed by atoms with van der Waals surface area (Å²) in [5, 5.41) is 0.107. The van der Waals surface area contributed by atoms with Crippen molar-refractivity contribution in [2.24, 2.45) is 0 Å². The van der Waals surface area contributed by atoms with Gasteiger partial charge in [-0.25, -0.2) is 0 Å². The summed E-state index contributed by atoms with van der Waals surface area (Å²) >= 11 is 0. The Labute approximate surface area is 123 Å². The van der Waals surface area contributed by atoms with E-state index in [0.717, 1.165) is 0 Å². The molecule has 0 aliphatic heterocycles. The van der Waals surface area contributed by atoms with E-state index >= 15 is 8.39 Å². The Morgan fingerprint density at radius 2 is 1.10 bits per heavy atom. The van der Waals surface area contributed by atoms with Crippen molar-refractivity contribution in [1.82, 2.24) is 0 Å². The molecule has 0 bridgehead atoms. The van der Waals surface area contributed by atoms with Gasteiger partial charge in [-0.3, -0.25) is 0 Å². The zero-order valence-corrected chi connectivity index (χ0v) is 12.2. The fourth-order valence-electron chi connectivity index (χ4n) is 2.43. The fraction of sp³-hybridized carbons (Fsp3) is 0. The molecule has 1 radical (unpaired) electrons. The van der Waals surface area contributed by atoms with Crippen LogP contribution in [-0.4, -0.2) is 0 Å². The van der Waals surface area contributed by atoms with Crippen molar-refractivity contribution >= 4 is 23.1 Å². The van der Waals surface area contributed by atoms with E-state index in [2.05, 4.69) is 6.07 Å². The van der Waals surface area contributed by atoms with Crippen LogP contribution in [0.25, 0.3) is 0 Å². The quantitative estimate of drug-likeness (QED) is 0.639. The second-order valence-electron chi connectivity index (χ2n) is 4.83. The molecule has 3 aromatic rings. The van der Waals surface area contributed by atoms with Crippen LogP contribution in [0.5, 0.6) is 0 Å². The van der Waals surface area contributed by atoms with E-state index in [4.69, 9.17) is 0 Å². The maximum atomic E-state index is 16.1. The van der Waals surface area contributed by atoms with Gasteiger partial charge in [0.1, 0.15) is 0 Å². The van der Waals surface area contributed by atoms with Crippen LogP contribution >= 0.6 is 7.22 Å². The van der Waals surface area contributed by atoms with Gasteiger partial charge in [-0.1, -0.05) is 0 Å². The van der Waals surface area contributed by atoms with Gasteiger partial charge in [0, 0.05) is 0 Å². The summed E-state index contributed by atoms with van der Waals surface area (Å²) in [6, 6.07) is 25.3. The molecule has 0 aliphatic carbocycles. The summed E-state index contributed by atoms with van der Waals surface area (Å²) in [6.45, 7) is 0. The Kier molecular flexibility index (Phi) is 3.35. The summed E-state index contributed by atoms with van der Waals surface area (Å²) in [5.41, 5.74) is 0. The first-order valence-electron chi connectivity index (χ1n) is 6.66. The Bertz CT molecular complexity index is 622. The van der Waals surface area contributed by atoms with Crippen LogP contribution in [0.1, 0.15) is 0 Å². The molecule has 3 aromatic carbocycles. The van der Waals surface area contributed by atoms with Crippen LogP contribution in [0.2, 0.25) is 0 Å². The third-order valence-electron chi connectivity index (χ3n) is 3.53. The molecular weight excluding hydrogens is 285 g/mol.